The van der Waals surface area contributed by atoms with Gasteiger partial charge in [-0.15, -0.1) is 10.2 Å². The lowest BCUT2D eigenvalue weighted by molar-refractivity contribution is 0.0704. The van der Waals surface area contributed by atoms with Crippen molar-refractivity contribution < 1.29 is 17.9 Å². The maximum absolute atomic E-state index is 13.3. The highest BCUT2D eigenvalue weighted by atomic mass is 35.5. The summed E-state index contributed by atoms with van der Waals surface area (Å²) < 4.78 is 42.1. The monoisotopic (exact) mass is 492 g/mol. The molecule has 1 aliphatic rings. The predicted octanol–water partition coefficient (Wildman–Crippen LogP) is 3.26. The van der Waals surface area contributed by atoms with Crippen LogP contribution in [0.15, 0.2) is 42.7 Å². The summed E-state index contributed by atoms with van der Waals surface area (Å²) in [4.78, 5) is 8.24. The van der Waals surface area contributed by atoms with Gasteiger partial charge in [0.1, 0.15) is 11.4 Å². The van der Waals surface area contributed by atoms with Crippen LogP contribution in [0.5, 0.6) is 0 Å². The molecule has 0 spiro atoms. The number of methoxy groups -OCH3 is 1. The molecule has 12 heteroatoms. The van der Waals surface area contributed by atoms with E-state index in [4.69, 9.17) is 21.1 Å². The maximum atomic E-state index is 13.3. The van der Waals surface area contributed by atoms with Crippen molar-refractivity contribution in [2.24, 2.45) is 0 Å². The van der Waals surface area contributed by atoms with Gasteiger partial charge in [0, 0.05) is 44.3 Å². The molecule has 2 unspecified atom stereocenters. The summed E-state index contributed by atoms with van der Waals surface area (Å²) >= 11 is 5.86. The summed E-state index contributed by atoms with van der Waals surface area (Å²) in [5.41, 5.74) is 0.847. The molecule has 0 bridgehead atoms. The largest absolute Gasteiger partial charge is 0.381 e. The van der Waals surface area contributed by atoms with Crippen LogP contribution in [0.1, 0.15) is 37.7 Å². The first-order valence-electron chi connectivity index (χ1n) is 10.5. The number of nitrogens with one attached hydrogen (secondary N) is 1. The second-order valence-electron chi connectivity index (χ2n) is 7.69. The Balaban J connectivity index is 1.67. The summed E-state index contributed by atoms with van der Waals surface area (Å²) in [6.07, 6.45) is 3.34. The molecule has 3 aromatic rings. The number of sulfonamides is 1. The van der Waals surface area contributed by atoms with E-state index in [1.807, 2.05) is 34.9 Å². The zero-order valence-electron chi connectivity index (χ0n) is 18.3. The molecule has 1 N–H and O–H groups in total. The molecule has 0 radical (unpaired) electrons. The minimum Gasteiger partial charge on any atom is -0.381 e. The van der Waals surface area contributed by atoms with E-state index in [9.17, 15) is 8.42 Å². The fourth-order valence-corrected chi connectivity index (χ4v) is 5.03. The van der Waals surface area contributed by atoms with Gasteiger partial charge in [0.05, 0.1) is 5.02 Å². The molecule has 10 nitrogen and oxygen atoms in total. The van der Waals surface area contributed by atoms with Crippen LogP contribution in [0.25, 0.3) is 11.4 Å². The Hall–Kier alpha value is -2.60. The molecule has 0 saturated carbocycles. The Labute approximate surface area is 197 Å². The van der Waals surface area contributed by atoms with Crippen LogP contribution in [0.3, 0.4) is 0 Å². The summed E-state index contributed by atoms with van der Waals surface area (Å²) in [7, 11) is -2.55. The average molecular weight is 493 g/mol. The molecule has 1 saturated heterocycles. The van der Waals surface area contributed by atoms with Gasteiger partial charge in [-0.1, -0.05) is 41.9 Å². The number of aromatic nitrogens is 5. The molecule has 1 aromatic carbocycles. The molecule has 2 atom stereocenters. The van der Waals surface area contributed by atoms with Crippen LogP contribution >= 0.6 is 11.6 Å². The number of ether oxygens (including phenoxy) is 2. The lowest BCUT2D eigenvalue weighted by Crippen LogP contribution is -2.34. The lowest BCUT2D eigenvalue weighted by Gasteiger charge is -2.27. The summed E-state index contributed by atoms with van der Waals surface area (Å²) in [6.45, 7) is 2.69. The van der Waals surface area contributed by atoms with E-state index in [1.54, 1.807) is 0 Å². The normalized spacial score (nSPS) is 16.9. The van der Waals surface area contributed by atoms with Gasteiger partial charge in [0.2, 0.25) is 16.0 Å². The first kappa shape index (κ1) is 23.6. The Morgan fingerprint density at radius 2 is 1.82 bits per heavy atom. The summed E-state index contributed by atoms with van der Waals surface area (Å²) in [5, 5.41) is 7.83. The lowest BCUT2D eigenvalue weighted by atomic mass is 10.1. The molecule has 3 heterocycles. The zero-order valence-corrected chi connectivity index (χ0v) is 19.8. The summed E-state index contributed by atoms with van der Waals surface area (Å²) in [6, 6.07) is 9.54. The number of hydrogen-bond donors (Lipinski definition) is 1. The van der Waals surface area contributed by atoms with Gasteiger partial charge in [0.25, 0.3) is 0 Å². The van der Waals surface area contributed by atoms with E-state index < -0.39 is 21.4 Å². The van der Waals surface area contributed by atoms with Crippen molar-refractivity contribution in [3.05, 3.63) is 53.6 Å². The van der Waals surface area contributed by atoms with E-state index >= 15 is 0 Å². The van der Waals surface area contributed by atoms with Crippen molar-refractivity contribution in [3.63, 3.8) is 0 Å². The van der Waals surface area contributed by atoms with Gasteiger partial charge in [-0.05, 0) is 19.8 Å². The Morgan fingerprint density at radius 1 is 1.15 bits per heavy atom. The molecule has 1 aliphatic heterocycles. The fraction of sp³-hybridized carbons (Fsp3) is 0.429. The highest BCUT2D eigenvalue weighted by Gasteiger charge is 2.35. The first-order valence-corrected chi connectivity index (χ1v) is 12.4. The smallest absolute Gasteiger partial charge is 0.240 e. The van der Waals surface area contributed by atoms with Gasteiger partial charge in [-0.25, -0.2) is 18.4 Å². The molecular formula is C21H25ClN6O4S. The van der Waals surface area contributed by atoms with Crippen LogP contribution < -0.4 is 4.72 Å². The number of anilines is 1. The molecule has 0 aliphatic carbocycles. The topological polar surface area (TPSA) is 121 Å². The van der Waals surface area contributed by atoms with Crippen molar-refractivity contribution >= 4 is 27.6 Å². The van der Waals surface area contributed by atoms with Gasteiger partial charge < -0.3 is 9.47 Å². The highest BCUT2D eigenvalue weighted by Crippen LogP contribution is 2.32. The number of hydrogen-bond acceptors (Lipinski definition) is 8. The number of benzene rings is 1. The number of nitrogens with zero attached hydrogens (tertiary/aromatic N) is 5. The minimum atomic E-state index is -3.96. The van der Waals surface area contributed by atoms with Crippen molar-refractivity contribution in [2.75, 3.05) is 25.0 Å². The summed E-state index contributed by atoms with van der Waals surface area (Å²) in [5.74, 6) is 0.965. The van der Waals surface area contributed by atoms with E-state index in [2.05, 4.69) is 24.9 Å². The van der Waals surface area contributed by atoms with E-state index in [-0.39, 0.29) is 17.8 Å². The number of halogens is 1. The van der Waals surface area contributed by atoms with Crippen LogP contribution in [0.4, 0.5) is 5.95 Å². The predicted molar refractivity (Wildman–Crippen MR) is 123 cm³/mol. The van der Waals surface area contributed by atoms with Crippen LogP contribution in [-0.2, 0) is 19.5 Å². The van der Waals surface area contributed by atoms with Crippen molar-refractivity contribution in [3.8, 4) is 11.4 Å². The molecule has 2 aromatic heterocycles. The Bertz CT molecular complexity index is 1170. The second-order valence-corrected chi connectivity index (χ2v) is 10.2. The Morgan fingerprint density at radius 3 is 2.45 bits per heavy atom. The van der Waals surface area contributed by atoms with E-state index in [0.717, 1.165) is 18.4 Å². The molecule has 33 heavy (non-hydrogen) atoms. The number of rotatable bonds is 8. The van der Waals surface area contributed by atoms with Crippen molar-refractivity contribution in [1.29, 1.82) is 0 Å². The van der Waals surface area contributed by atoms with Gasteiger partial charge in [-0.3, -0.25) is 9.29 Å². The molecule has 176 valence electrons. The van der Waals surface area contributed by atoms with Gasteiger partial charge >= 0.3 is 0 Å². The quantitative estimate of drug-likeness (QED) is 0.508. The SMILES string of the molecule is COC(c1ncc(Cl)cn1)C(C)S(=O)(=O)Nc1nnc(-c2ccccc2)n1C1CCOCC1. The Kier molecular flexibility index (Phi) is 7.23. The molecule has 0 amide bonds. The van der Waals surface area contributed by atoms with Gasteiger partial charge in [0.15, 0.2) is 11.6 Å². The third kappa shape index (κ3) is 5.16. The first-order chi connectivity index (χ1) is 15.9. The average Bonchev–Trinajstić information content (AvgIpc) is 3.24. The second kappa shape index (κ2) is 10.1. The van der Waals surface area contributed by atoms with Gasteiger partial charge in [-0.2, -0.15) is 0 Å². The molecule has 4 rings (SSSR count). The van der Waals surface area contributed by atoms with Crippen molar-refractivity contribution in [1.82, 2.24) is 24.7 Å². The van der Waals surface area contributed by atoms with Crippen LogP contribution in [-0.4, -0.2) is 58.7 Å². The van der Waals surface area contributed by atoms with E-state index in [0.29, 0.717) is 24.1 Å². The molecular weight excluding hydrogens is 468 g/mol. The van der Waals surface area contributed by atoms with Crippen LogP contribution in [0, 0.1) is 0 Å². The van der Waals surface area contributed by atoms with Crippen molar-refractivity contribution in [2.45, 2.75) is 37.2 Å². The fourth-order valence-electron chi connectivity index (χ4n) is 3.79. The highest BCUT2D eigenvalue weighted by molar-refractivity contribution is 7.93. The standard InChI is InChI=1S/C21H25ClN6O4S/c1-14(18(31-2)19-23-12-16(22)13-24-19)33(29,30)27-21-26-25-20(15-6-4-3-5-7-15)28(21)17-8-10-32-11-9-17/h3-7,12-14,17-18H,8-11H2,1-2H3,(H,26,27). The minimum absolute atomic E-state index is 0.00483. The zero-order chi connectivity index (χ0) is 23.4. The third-order valence-electron chi connectivity index (χ3n) is 5.58. The van der Waals surface area contributed by atoms with Crippen LogP contribution in [0.2, 0.25) is 5.02 Å². The maximum Gasteiger partial charge on any atom is 0.240 e. The molecule has 1 fully saturated rings. The third-order valence-corrected chi connectivity index (χ3v) is 7.47. The van der Waals surface area contributed by atoms with E-state index in [1.165, 1.54) is 26.4 Å².